The van der Waals surface area contributed by atoms with E-state index < -0.39 is 12.0 Å². The Kier molecular flexibility index (Phi) is 5.32. The zero-order chi connectivity index (χ0) is 9.56. The second-order valence-electron chi connectivity index (χ2n) is 2.56. The van der Waals surface area contributed by atoms with Crippen molar-refractivity contribution in [1.82, 2.24) is 5.32 Å². The molecular formula is C8H15NO3. The Labute approximate surface area is 72.2 Å². The third-order valence-corrected chi connectivity index (χ3v) is 1.39. The maximum absolute atomic E-state index is 10.6. The number of carboxylic acid groups (broad SMARTS) is 1. The second-order valence-corrected chi connectivity index (χ2v) is 2.56. The number of carboxylic acids is 1. The lowest BCUT2D eigenvalue weighted by Gasteiger charge is -2.13. The average molecular weight is 173 g/mol. The van der Waals surface area contributed by atoms with Crippen LogP contribution in [0.4, 0.5) is 0 Å². The van der Waals surface area contributed by atoms with E-state index >= 15 is 0 Å². The third-order valence-electron chi connectivity index (χ3n) is 1.39. The summed E-state index contributed by atoms with van der Waals surface area (Å²) >= 11 is 0. The van der Waals surface area contributed by atoms with E-state index in [0.717, 1.165) is 0 Å². The van der Waals surface area contributed by atoms with Gasteiger partial charge in [0, 0.05) is 13.7 Å². The molecule has 0 aliphatic carbocycles. The first-order valence-corrected chi connectivity index (χ1v) is 3.70. The van der Waals surface area contributed by atoms with Crippen LogP contribution >= 0.6 is 0 Å². The third kappa shape index (κ3) is 4.10. The normalized spacial score (nSPS) is 12.5. The summed E-state index contributed by atoms with van der Waals surface area (Å²) in [6.45, 7) is 6.26. The summed E-state index contributed by atoms with van der Waals surface area (Å²) in [7, 11) is 1.57. The molecule has 0 radical (unpaired) electrons. The van der Waals surface area contributed by atoms with Gasteiger partial charge in [-0.1, -0.05) is 12.2 Å². The molecule has 0 spiro atoms. The van der Waals surface area contributed by atoms with E-state index in [9.17, 15) is 4.79 Å². The van der Waals surface area contributed by atoms with Crippen molar-refractivity contribution >= 4 is 5.97 Å². The van der Waals surface area contributed by atoms with Gasteiger partial charge in [0.05, 0.1) is 6.61 Å². The molecular weight excluding hydrogens is 158 g/mol. The van der Waals surface area contributed by atoms with E-state index in [1.54, 1.807) is 14.0 Å². The molecule has 0 rings (SSSR count). The highest BCUT2D eigenvalue weighted by Gasteiger charge is 2.16. The summed E-state index contributed by atoms with van der Waals surface area (Å²) in [5.74, 6) is -0.904. The first-order valence-electron chi connectivity index (χ1n) is 3.70. The van der Waals surface area contributed by atoms with Crippen molar-refractivity contribution in [2.75, 3.05) is 20.3 Å². The van der Waals surface area contributed by atoms with Crippen molar-refractivity contribution in [3.63, 3.8) is 0 Å². The molecule has 0 aromatic carbocycles. The van der Waals surface area contributed by atoms with E-state index in [0.29, 0.717) is 18.7 Å². The van der Waals surface area contributed by atoms with E-state index in [-0.39, 0.29) is 0 Å². The van der Waals surface area contributed by atoms with Gasteiger partial charge in [-0.25, -0.2) is 0 Å². The zero-order valence-corrected chi connectivity index (χ0v) is 7.46. The lowest BCUT2D eigenvalue weighted by molar-refractivity contribution is -0.138. The first kappa shape index (κ1) is 11.1. The molecule has 0 saturated heterocycles. The summed E-state index contributed by atoms with van der Waals surface area (Å²) in [6, 6.07) is -0.667. The molecule has 4 nitrogen and oxygen atoms in total. The molecule has 0 saturated carbocycles. The summed E-state index contributed by atoms with van der Waals surface area (Å²) in [4.78, 5) is 10.6. The number of rotatable bonds is 6. The Balaban J connectivity index is 3.80. The van der Waals surface area contributed by atoms with Gasteiger partial charge >= 0.3 is 5.97 Å². The van der Waals surface area contributed by atoms with Gasteiger partial charge in [0.15, 0.2) is 0 Å². The molecule has 70 valence electrons. The van der Waals surface area contributed by atoms with Crippen LogP contribution in [0.15, 0.2) is 12.2 Å². The molecule has 1 unspecified atom stereocenters. The molecule has 2 N–H and O–H groups in total. The highest BCUT2D eigenvalue weighted by molar-refractivity contribution is 5.77. The van der Waals surface area contributed by atoms with E-state index in [2.05, 4.69) is 11.9 Å². The molecule has 0 aliphatic heterocycles. The SMILES string of the molecule is C=C(C)C(NCCOC)C(=O)O. The Morgan fingerprint density at radius 1 is 1.75 bits per heavy atom. The van der Waals surface area contributed by atoms with Crippen LogP contribution in [0.2, 0.25) is 0 Å². The highest BCUT2D eigenvalue weighted by atomic mass is 16.5. The first-order chi connectivity index (χ1) is 5.59. The largest absolute Gasteiger partial charge is 0.480 e. The Morgan fingerprint density at radius 2 is 2.33 bits per heavy atom. The van der Waals surface area contributed by atoms with Crippen molar-refractivity contribution in [1.29, 1.82) is 0 Å². The smallest absolute Gasteiger partial charge is 0.324 e. The van der Waals surface area contributed by atoms with Crippen LogP contribution in [0.25, 0.3) is 0 Å². The Morgan fingerprint density at radius 3 is 2.67 bits per heavy atom. The van der Waals surface area contributed by atoms with Crippen molar-refractivity contribution in [2.45, 2.75) is 13.0 Å². The van der Waals surface area contributed by atoms with Gasteiger partial charge in [-0.3, -0.25) is 10.1 Å². The second kappa shape index (κ2) is 5.74. The molecule has 12 heavy (non-hydrogen) atoms. The Hall–Kier alpha value is -0.870. The van der Waals surface area contributed by atoms with Crippen molar-refractivity contribution in [3.05, 3.63) is 12.2 Å². The van der Waals surface area contributed by atoms with Gasteiger partial charge in [0.2, 0.25) is 0 Å². The van der Waals surface area contributed by atoms with Crippen molar-refractivity contribution in [2.24, 2.45) is 0 Å². The van der Waals surface area contributed by atoms with Gasteiger partial charge in [-0.2, -0.15) is 0 Å². The predicted octanol–water partition coefficient (Wildman–Crippen LogP) is 0.252. The van der Waals surface area contributed by atoms with Crippen LogP contribution < -0.4 is 5.32 Å². The fraction of sp³-hybridized carbons (Fsp3) is 0.625. The van der Waals surface area contributed by atoms with E-state index in [4.69, 9.17) is 9.84 Å². The fourth-order valence-corrected chi connectivity index (χ4v) is 0.778. The van der Waals surface area contributed by atoms with E-state index in [1.807, 2.05) is 0 Å². The number of carbonyl (C=O) groups is 1. The lowest BCUT2D eigenvalue weighted by Crippen LogP contribution is -2.39. The molecule has 4 heteroatoms. The number of ether oxygens (including phenoxy) is 1. The van der Waals surface area contributed by atoms with Gasteiger partial charge in [-0.15, -0.1) is 0 Å². The molecule has 0 aromatic heterocycles. The van der Waals surface area contributed by atoms with E-state index in [1.165, 1.54) is 0 Å². The minimum Gasteiger partial charge on any atom is -0.480 e. The zero-order valence-electron chi connectivity index (χ0n) is 7.46. The monoisotopic (exact) mass is 173 g/mol. The van der Waals surface area contributed by atoms with Crippen LogP contribution in [0, 0.1) is 0 Å². The molecule has 0 bridgehead atoms. The van der Waals surface area contributed by atoms with Crippen LogP contribution in [0.5, 0.6) is 0 Å². The van der Waals surface area contributed by atoms with Crippen LogP contribution in [-0.4, -0.2) is 37.4 Å². The molecule has 0 amide bonds. The number of aliphatic carboxylic acids is 1. The topological polar surface area (TPSA) is 58.6 Å². The van der Waals surface area contributed by atoms with Crippen LogP contribution in [0.1, 0.15) is 6.92 Å². The number of hydrogen-bond acceptors (Lipinski definition) is 3. The number of hydrogen-bond donors (Lipinski definition) is 2. The standard InChI is InChI=1S/C8H15NO3/c1-6(2)7(8(10)11)9-4-5-12-3/h7,9H,1,4-5H2,2-3H3,(H,10,11). The molecule has 1 atom stereocenters. The predicted molar refractivity (Wildman–Crippen MR) is 46.1 cm³/mol. The minimum absolute atomic E-state index is 0.497. The quantitative estimate of drug-likeness (QED) is 0.446. The van der Waals surface area contributed by atoms with Gasteiger partial charge in [0.1, 0.15) is 6.04 Å². The average Bonchev–Trinajstić information content (AvgIpc) is 1.96. The van der Waals surface area contributed by atoms with Crippen LogP contribution in [0.3, 0.4) is 0 Å². The molecule has 0 aliphatic rings. The molecule has 0 heterocycles. The maximum Gasteiger partial charge on any atom is 0.324 e. The Bertz CT molecular complexity index is 154. The lowest BCUT2D eigenvalue weighted by atomic mass is 10.1. The minimum atomic E-state index is -0.904. The molecule has 0 fully saturated rings. The van der Waals surface area contributed by atoms with Crippen LogP contribution in [-0.2, 0) is 9.53 Å². The maximum atomic E-state index is 10.6. The summed E-state index contributed by atoms with van der Waals surface area (Å²) in [6.07, 6.45) is 0. The number of methoxy groups -OCH3 is 1. The fourth-order valence-electron chi connectivity index (χ4n) is 0.778. The van der Waals surface area contributed by atoms with Gasteiger partial charge in [0.25, 0.3) is 0 Å². The summed E-state index contributed by atoms with van der Waals surface area (Å²) in [5, 5.41) is 11.5. The molecule has 0 aromatic rings. The summed E-state index contributed by atoms with van der Waals surface area (Å²) < 4.78 is 4.77. The number of nitrogens with one attached hydrogen (secondary N) is 1. The van der Waals surface area contributed by atoms with Gasteiger partial charge < -0.3 is 9.84 Å². The van der Waals surface area contributed by atoms with Crippen molar-refractivity contribution in [3.8, 4) is 0 Å². The van der Waals surface area contributed by atoms with Crippen molar-refractivity contribution < 1.29 is 14.6 Å². The highest BCUT2D eigenvalue weighted by Crippen LogP contribution is 1.96. The summed E-state index contributed by atoms with van der Waals surface area (Å²) in [5.41, 5.74) is 0.596. The van der Waals surface area contributed by atoms with Gasteiger partial charge in [-0.05, 0) is 6.92 Å².